The highest BCUT2D eigenvalue weighted by Gasteiger charge is 2.48. The summed E-state index contributed by atoms with van der Waals surface area (Å²) in [5, 5.41) is 0. The molecular weight excluding hydrogens is 555 g/mol. The molecule has 0 radical (unpaired) electrons. The van der Waals surface area contributed by atoms with Crippen molar-refractivity contribution in [1.29, 1.82) is 0 Å². The fraction of sp³-hybridized carbons (Fsp3) is 0.500. The average molecular weight is 586 g/mol. The number of ether oxygens (including phenoxy) is 2. The fourth-order valence-electron chi connectivity index (χ4n) is 6.27. The lowest BCUT2D eigenvalue weighted by Crippen LogP contribution is -2.42. The summed E-state index contributed by atoms with van der Waals surface area (Å²) in [6.07, 6.45) is -8.47. The van der Waals surface area contributed by atoms with Crippen molar-refractivity contribution in [2.24, 2.45) is 11.8 Å². The van der Waals surface area contributed by atoms with E-state index in [-0.39, 0.29) is 35.9 Å². The summed E-state index contributed by atoms with van der Waals surface area (Å²) in [6.45, 7) is 4.57. The monoisotopic (exact) mass is 585 g/mol. The number of alkyl halides is 6. The Balaban J connectivity index is 1.47. The lowest BCUT2D eigenvalue weighted by Gasteiger charge is -2.41. The van der Waals surface area contributed by atoms with Crippen LogP contribution >= 0.6 is 0 Å². The molecule has 0 saturated carbocycles. The van der Waals surface area contributed by atoms with Crippen LogP contribution in [0.25, 0.3) is 0 Å². The number of rotatable bonds is 5. The summed E-state index contributed by atoms with van der Waals surface area (Å²) in [5.74, 6) is -0.890. The van der Waals surface area contributed by atoms with Crippen LogP contribution in [-0.4, -0.2) is 36.7 Å². The number of allylic oxidation sites excluding steroid dienone is 2. The van der Waals surface area contributed by atoms with Gasteiger partial charge in [0.15, 0.2) is 12.1 Å². The van der Waals surface area contributed by atoms with Gasteiger partial charge in [-0.3, -0.25) is 4.79 Å². The van der Waals surface area contributed by atoms with Crippen molar-refractivity contribution in [2.45, 2.75) is 63.8 Å². The Morgan fingerprint density at radius 1 is 0.976 bits per heavy atom. The van der Waals surface area contributed by atoms with Crippen LogP contribution in [0.2, 0.25) is 0 Å². The first-order valence-electron chi connectivity index (χ1n) is 13.5. The highest BCUT2D eigenvalue weighted by atomic mass is 19.4. The van der Waals surface area contributed by atoms with Gasteiger partial charge in [-0.05, 0) is 79.6 Å². The minimum atomic E-state index is -4.99. The van der Waals surface area contributed by atoms with Gasteiger partial charge < -0.3 is 14.4 Å². The molecule has 5 atom stereocenters. The Bertz CT molecular complexity index is 1300. The summed E-state index contributed by atoms with van der Waals surface area (Å²) >= 11 is 0. The number of hydrogen-bond donors (Lipinski definition) is 0. The fourth-order valence-corrected chi connectivity index (χ4v) is 6.27. The molecule has 2 heterocycles. The van der Waals surface area contributed by atoms with Gasteiger partial charge in [-0.25, -0.2) is 4.39 Å². The maximum absolute atomic E-state index is 14.0. The van der Waals surface area contributed by atoms with E-state index in [1.54, 1.807) is 19.1 Å². The molecule has 2 saturated heterocycles. The zero-order chi connectivity index (χ0) is 29.7. The molecule has 4 nitrogen and oxygen atoms in total. The number of likely N-dealkylation sites (tertiary alicyclic amines) is 1. The Morgan fingerprint density at radius 3 is 2.27 bits per heavy atom. The van der Waals surface area contributed by atoms with Crippen LogP contribution in [0, 0.1) is 24.6 Å². The molecule has 1 aliphatic carbocycles. The van der Waals surface area contributed by atoms with Crippen molar-refractivity contribution in [1.82, 2.24) is 4.90 Å². The van der Waals surface area contributed by atoms with Crippen molar-refractivity contribution < 1.29 is 45.0 Å². The van der Waals surface area contributed by atoms with Gasteiger partial charge in [-0.1, -0.05) is 6.07 Å². The van der Waals surface area contributed by atoms with E-state index in [1.165, 1.54) is 19.1 Å². The van der Waals surface area contributed by atoms with Gasteiger partial charge in [0.2, 0.25) is 0 Å². The lowest BCUT2D eigenvalue weighted by atomic mass is 9.76. The first-order chi connectivity index (χ1) is 19.2. The van der Waals surface area contributed by atoms with Gasteiger partial charge in [0.05, 0.1) is 23.8 Å². The molecule has 222 valence electrons. The van der Waals surface area contributed by atoms with Gasteiger partial charge in [0.1, 0.15) is 5.82 Å². The number of ketones is 1. The zero-order valence-electron chi connectivity index (χ0n) is 22.5. The van der Waals surface area contributed by atoms with Gasteiger partial charge >= 0.3 is 12.4 Å². The van der Waals surface area contributed by atoms with Crippen LogP contribution in [0.1, 0.15) is 66.0 Å². The standard InChI is InChI=1S/C30H30F7NO3/c1-16-8-22(31)6-7-25(16)27-26-14-38(23-4-3-5-24(39)12-23)13-19(26)15-40-28(27)41-17(2)18-9-20(29(32,33)34)11-21(10-18)30(35,36)37/h6-12,17,19,26-28H,3-5,13-15H2,1-2H3/t17-,19+,26?,27+,28-/m1/s1. The summed E-state index contributed by atoms with van der Waals surface area (Å²) in [7, 11) is 0. The minimum Gasteiger partial charge on any atom is -0.374 e. The molecule has 2 aromatic rings. The molecule has 0 amide bonds. The highest BCUT2D eigenvalue weighted by molar-refractivity contribution is 5.91. The molecule has 2 fully saturated rings. The second kappa shape index (κ2) is 11.1. The van der Waals surface area contributed by atoms with Gasteiger partial charge in [-0.15, -0.1) is 0 Å². The molecule has 2 aliphatic heterocycles. The molecule has 2 aromatic carbocycles. The third kappa shape index (κ3) is 6.30. The quantitative estimate of drug-likeness (QED) is 0.340. The van der Waals surface area contributed by atoms with Crippen molar-refractivity contribution >= 4 is 5.78 Å². The largest absolute Gasteiger partial charge is 0.416 e. The second-order valence-corrected chi connectivity index (χ2v) is 11.1. The van der Waals surface area contributed by atoms with Crippen LogP contribution in [0.4, 0.5) is 30.7 Å². The topological polar surface area (TPSA) is 38.8 Å². The number of carbonyl (C=O) groups excluding carboxylic acids is 1. The molecule has 1 unspecified atom stereocenters. The van der Waals surface area contributed by atoms with E-state index in [0.717, 1.165) is 24.1 Å². The van der Waals surface area contributed by atoms with Crippen LogP contribution in [0.3, 0.4) is 0 Å². The Kier molecular flexibility index (Phi) is 7.97. The second-order valence-electron chi connectivity index (χ2n) is 11.1. The molecule has 3 aliphatic rings. The molecule has 0 spiro atoms. The molecule has 0 bridgehead atoms. The predicted molar refractivity (Wildman–Crippen MR) is 135 cm³/mol. The van der Waals surface area contributed by atoms with Crippen molar-refractivity contribution in [3.63, 3.8) is 0 Å². The van der Waals surface area contributed by atoms with E-state index in [0.29, 0.717) is 37.2 Å². The molecule has 0 N–H and O–H groups in total. The van der Waals surface area contributed by atoms with Gasteiger partial charge in [-0.2, -0.15) is 26.3 Å². The van der Waals surface area contributed by atoms with E-state index < -0.39 is 47.6 Å². The van der Waals surface area contributed by atoms with Gasteiger partial charge in [0, 0.05) is 43.1 Å². The number of hydrogen-bond acceptors (Lipinski definition) is 4. The first-order valence-corrected chi connectivity index (χ1v) is 13.5. The van der Waals surface area contributed by atoms with E-state index in [2.05, 4.69) is 4.90 Å². The molecule has 5 rings (SSSR count). The maximum atomic E-state index is 14.0. The number of benzene rings is 2. The Hall–Kier alpha value is -2.92. The number of carbonyl (C=O) groups is 1. The smallest absolute Gasteiger partial charge is 0.374 e. The number of fused-ring (bicyclic) bond motifs is 1. The van der Waals surface area contributed by atoms with Crippen LogP contribution in [-0.2, 0) is 26.6 Å². The zero-order valence-corrected chi connectivity index (χ0v) is 22.5. The van der Waals surface area contributed by atoms with E-state index >= 15 is 0 Å². The third-order valence-corrected chi connectivity index (χ3v) is 8.32. The predicted octanol–water partition coefficient (Wildman–Crippen LogP) is 7.57. The van der Waals surface area contributed by atoms with Crippen LogP contribution < -0.4 is 0 Å². The third-order valence-electron chi connectivity index (χ3n) is 8.32. The first kappa shape index (κ1) is 29.6. The lowest BCUT2D eigenvalue weighted by molar-refractivity contribution is -0.217. The van der Waals surface area contributed by atoms with Gasteiger partial charge in [0.25, 0.3) is 0 Å². The molecule has 11 heteroatoms. The summed E-state index contributed by atoms with van der Waals surface area (Å²) in [5.41, 5.74) is -0.825. The van der Waals surface area contributed by atoms with E-state index in [4.69, 9.17) is 9.47 Å². The molecular formula is C30H30F7NO3. The maximum Gasteiger partial charge on any atom is 0.416 e. The SMILES string of the molecule is Cc1cc(F)ccc1[C@H]1C2CN(C3=CC(=O)CCC3)C[C@H]2CO[C@@H]1O[C@H](C)c1cc(C(F)(F)F)cc(C(F)(F)F)c1. The summed E-state index contributed by atoms with van der Waals surface area (Å²) in [4.78, 5) is 14.2. The normalized spacial score (nSPS) is 26.1. The summed E-state index contributed by atoms with van der Waals surface area (Å²) < 4.78 is 107. The number of nitrogens with zero attached hydrogens (tertiary/aromatic N) is 1. The molecule has 41 heavy (non-hydrogen) atoms. The van der Waals surface area contributed by atoms with Crippen molar-refractivity contribution in [3.05, 3.63) is 81.8 Å². The Morgan fingerprint density at radius 2 is 1.66 bits per heavy atom. The number of aryl methyl sites for hydroxylation is 1. The van der Waals surface area contributed by atoms with Crippen molar-refractivity contribution in [2.75, 3.05) is 19.7 Å². The summed E-state index contributed by atoms with van der Waals surface area (Å²) in [6, 6.07) is 5.71. The number of halogens is 7. The highest BCUT2D eigenvalue weighted by Crippen LogP contribution is 2.47. The van der Waals surface area contributed by atoms with E-state index in [9.17, 15) is 35.5 Å². The van der Waals surface area contributed by atoms with Crippen LogP contribution in [0.5, 0.6) is 0 Å². The van der Waals surface area contributed by atoms with Crippen molar-refractivity contribution in [3.8, 4) is 0 Å². The van der Waals surface area contributed by atoms with Crippen LogP contribution in [0.15, 0.2) is 48.2 Å². The minimum absolute atomic E-state index is 0.0305. The van der Waals surface area contributed by atoms with E-state index in [1.807, 2.05) is 0 Å². The average Bonchev–Trinajstić information content (AvgIpc) is 3.32. The molecule has 0 aromatic heterocycles. The Labute approximate surface area is 233 Å².